The minimum Gasteiger partial charge on any atom is -0.299 e. The molecule has 0 spiro atoms. The molecule has 1 fully saturated rings. The number of Topliss-reactive ketones (excluding diaryl/α,β-unsaturated/α-hetero) is 1. The van der Waals surface area contributed by atoms with Gasteiger partial charge in [-0.25, -0.2) is 0 Å². The second kappa shape index (κ2) is 3.48. The molecule has 0 N–H and O–H groups in total. The molecular formula is C14H18O. The van der Waals surface area contributed by atoms with Crippen molar-refractivity contribution in [3.05, 3.63) is 34.9 Å². The van der Waals surface area contributed by atoms with Crippen molar-refractivity contribution in [3.8, 4) is 0 Å². The second-order valence-electron chi connectivity index (χ2n) is 5.08. The van der Waals surface area contributed by atoms with E-state index in [1.807, 2.05) is 0 Å². The third-order valence-corrected chi connectivity index (χ3v) is 3.61. The quantitative estimate of drug-likeness (QED) is 0.735. The average molecular weight is 202 g/mol. The fraction of sp³-hybridized carbons (Fsp3) is 0.500. The van der Waals surface area contributed by atoms with Crippen LogP contribution in [0.2, 0.25) is 0 Å². The lowest BCUT2D eigenvalue weighted by Gasteiger charge is -2.08. The van der Waals surface area contributed by atoms with Gasteiger partial charge in [0.1, 0.15) is 5.78 Å². The highest BCUT2D eigenvalue weighted by atomic mass is 16.1. The first-order valence-corrected chi connectivity index (χ1v) is 5.61. The van der Waals surface area contributed by atoms with Crippen LogP contribution in [0, 0.1) is 19.3 Å². The van der Waals surface area contributed by atoms with Crippen molar-refractivity contribution in [1.29, 1.82) is 0 Å². The van der Waals surface area contributed by atoms with Crippen LogP contribution in [0.25, 0.3) is 0 Å². The molecule has 1 saturated carbocycles. The third-order valence-electron chi connectivity index (χ3n) is 3.61. The highest BCUT2D eigenvalue weighted by Crippen LogP contribution is 2.46. The van der Waals surface area contributed by atoms with Crippen molar-refractivity contribution in [3.63, 3.8) is 0 Å². The van der Waals surface area contributed by atoms with Gasteiger partial charge in [0.25, 0.3) is 0 Å². The summed E-state index contributed by atoms with van der Waals surface area (Å²) in [5.74, 6) is 0.408. The summed E-state index contributed by atoms with van der Waals surface area (Å²) in [6.07, 6.45) is 2.77. The molecular weight excluding hydrogens is 184 g/mol. The summed E-state index contributed by atoms with van der Waals surface area (Å²) in [4.78, 5) is 11.9. The molecule has 1 heteroatoms. The first-order chi connectivity index (χ1) is 7.01. The van der Waals surface area contributed by atoms with Crippen molar-refractivity contribution in [1.82, 2.24) is 0 Å². The molecule has 1 aromatic rings. The Morgan fingerprint density at radius 3 is 2.47 bits per heavy atom. The van der Waals surface area contributed by atoms with E-state index in [9.17, 15) is 4.79 Å². The molecule has 1 aliphatic carbocycles. The Morgan fingerprint density at radius 2 is 1.93 bits per heavy atom. The molecule has 0 bridgehead atoms. The van der Waals surface area contributed by atoms with E-state index in [1.54, 1.807) is 0 Å². The fourth-order valence-corrected chi connectivity index (χ4v) is 1.78. The minimum absolute atomic E-state index is 0.0127. The van der Waals surface area contributed by atoms with E-state index in [-0.39, 0.29) is 5.41 Å². The van der Waals surface area contributed by atoms with Crippen molar-refractivity contribution in [2.75, 3.05) is 0 Å². The van der Waals surface area contributed by atoms with Crippen LogP contribution in [0.1, 0.15) is 36.5 Å². The zero-order valence-electron chi connectivity index (χ0n) is 9.76. The molecule has 80 valence electrons. The van der Waals surface area contributed by atoms with Crippen LogP contribution < -0.4 is 0 Å². The number of benzene rings is 1. The Labute approximate surface area is 91.5 Å². The number of ketones is 1. The van der Waals surface area contributed by atoms with Gasteiger partial charge >= 0.3 is 0 Å². The van der Waals surface area contributed by atoms with E-state index < -0.39 is 0 Å². The van der Waals surface area contributed by atoms with Crippen molar-refractivity contribution >= 4 is 5.78 Å². The van der Waals surface area contributed by atoms with Crippen molar-refractivity contribution in [2.45, 2.75) is 40.0 Å². The number of rotatable bonds is 3. The largest absolute Gasteiger partial charge is 0.299 e. The standard InChI is InChI=1S/C14H18O/c1-10-4-5-12(8-11(10)2)9-13(15)14(3)6-7-14/h4-5,8H,6-7,9H2,1-3H3. The highest BCUT2D eigenvalue weighted by Gasteiger charge is 2.43. The Balaban J connectivity index is 2.11. The number of hydrogen-bond donors (Lipinski definition) is 0. The van der Waals surface area contributed by atoms with Crippen molar-refractivity contribution < 1.29 is 4.79 Å². The van der Waals surface area contributed by atoms with Crippen molar-refractivity contribution in [2.24, 2.45) is 5.41 Å². The Bertz CT molecular complexity index is 400. The minimum atomic E-state index is 0.0127. The maximum Gasteiger partial charge on any atom is 0.143 e. The Kier molecular flexibility index (Phi) is 2.41. The molecule has 0 amide bonds. The predicted molar refractivity (Wildman–Crippen MR) is 62.0 cm³/mol. The summed E-state index contributed by atoms with van der Waals surface area (Å²) < 4.78 is 0. The second-order valence-corrected chi connectivity index (χ2v) is 5.08. The van der Waals surface area contributed by atoms with Crippen LogP contribution in [-0.4, -0.2) is 5.78 Å². The lowest BCUT2D eigenvalue weighted by atomic mass is 9.95. The van der Waals surface area contributed by atoms with Gasteiger partial charge in [-0.15, -0.1) is 0 Å². The number of aryl methyl sites for hydroxylation is 2. The molecule has 0 unspecified atom stereocenters. The van der Waals surface area contributed by atoms with E-state index in [0.29, 0.717) is 12.2 Å². The molecule has 0 atom stereocenters. The van der Waals surface area contributed by atoms with E-state index in [0.717, 1.165) is 18.4 Å². The topological polar surface area (TPSA) is 17.1 Å². The smallest absolute Gasteiger partial charge is 0.143 e. The molecule has 0 radical (unpaired) electrons. The van der Waals surface area contributed by atoms with Crippen LogP contribution in [0.4, 0.5) is 0 Å². The van der Waals surface area contributed by atoms with Gasteiger partial charge in [0.15, 0.2) is 0 Å². The summed E-state index contributed by atoms with van der Waals surface area (Å²) in [5.41, 5.74) is 3.75. The van der Waals surface area contributed by atoms with Gasteiger partial charge in [0.2, 0.25) is 0 Å². The summed E-state index contributed by atoms with van der Waals surface area (Å²) in [6.45, 7) is 6.28. The molecule has 15 heavy (non-hydrogen) atoms. The maximum atomic E-state index is 11.9. The maximum absolute atomic E-state index is 11.9. The molecule has 2 rings (SSSR count). The summed E-state index contributed by atoms with van der Waals surface area (Å²) >= 11 is 0. The highest BCUT2D eigenvalue weighted by molar-refractivity contribution is 5.88. The monoisotopic (exact) mass is 202 g/mol. The average Bonchev–Trinajstić information content (AvgIpc) is 2.92. The zero-order valence-corrected chi connectivity index (χ0v) is 9.76. The fourth-order valence-electron chi connectivity index (χ4n) is 1.78. The molecule has 1 nitrogen and oxygen atoms in total. The molecule has 0 aliphatic heterocycles. The van der Waals surface area contributed by atoms with Gasteiger partial charge in [-0.1, -0.05) is 25.1 Å². The number of carbonyl (C=O) groups is 1. The first-order valence-electron chi connectivity index (χ1n) is 5.61. The normalized spacial score (nSPS) is 17.5. The van der Waals surface area contributed by atoms with E-state index in [1.165, 1.54) is 11.1 Å². The van der Waals surface area contributed by atoms with E-state index in [2.05, 4.69) is 39.0 Å². The van der Waals surface area contributed by atoms with E-state index >= 15 is 0 Å². The van der Waals surface area contributed by atoms with Gasteiger partial charge in [-0.2, -0.15) is 0 Å². The van der Waals surface area contributed by atoms with Gasteiger partial charge in [0, 0.05) is 11.8 Å². The van der Waals surface area contributed by atoms with Crippen LogP contribution in [0.15, 0.2) is 18.2 Å². The summed E-state index contributed by atoms with van der Waals surface area (Å²) in [5, 5.41) is 0. The van der Waals surface area contributed by atoms with Gasteiger partial charge in [0.05, 0.1) is 0 Å². The lowest BCUT2D eigenvalue weighted by Crippen LogP contribution is -2.14. The Morgan fingerprint density at radius 1 is 1.27 bits per heavy atom. The lowest BCUT2D eigenvalue weighted by molar-refractivity contribution is -0.122. The predicted octanol–water partition coefficient (Wildman–Crippen LogP) is 3.22. The van der Waals surface area contributed by atoms with E-state index in [4.69, 9.17) is 0 Å². The van der Waals surface area contributed by atoms with Crippen LogP contribution >= 0.6 is 0 Å². The molecule has 0 saturated heterocycles. The molecule has 0 heterocycles. The number of hydrogen-bond acceptors (Lipinski definition) is 1. The van der Waals surface area contributed by atoms with Gasteiger partial charge in [-0.3, -0.25) is 4.79 Å². The molecule has 1 aliphatic rings. The SMILES string of the molecule is Cc1ccc(CC(=O)C2(C)CC2)cc1C. The Hall–Kier alpha value is -1.11. The zero-order chi connectivity index (χ0) is 11.1. The van der Waals surface area contributed by atoms with Gasteiger partial charge < -0.3 is 0 Å². The molecule has 1 aromatic carbocycles. The van der Waals surface area contributed by atoms with Crippen LogP contribution in [-0.2, 0) is 11.2 Å². The van der Waals surface area contributed by atoms with Gasteiger partial charge in [-0.05, 0) is 43.4 Å². The number of carbonyl (C=O) groups excluding carboxylic acids is 1. The summed E-state index contributed by atoms with van der Waals surface area (Å²) in [7, 11) is 0. The van der Waals surface area contributed by atoms with Crippen LogP contribution in [0.5, 0.6) is 0 Å². The third kappa shape index (κ3) is 2.11. The molecule has 0 aromatic heterocycles. The first kappa shape index (κ1) is 10.4. The summed E-state index contributed by atoms with van der Waals surface area (Å²) in [6, 6.07) is 6.32. The van der Waals surface area contributed by atoms with Crippen LogP contribution in [0.3, 0.4) is 0 Å².